The van der Waals surface area contributed by atoms with Crippen molar-refractivity contribution in [3.63, 3.8) is 0 Å². The first kappa shape index (κ1) is 42.9. The van der Waals surface area contributed by atoms with E-state index < -0.39 is 0 Å². The molecule has 0 saturated heterocycles. The Labute approximate surface area is 275 Å². The second-order valence-corrected chi connectivity index (χ2v) is 13.4. The molecule has 2 amide bonds. The maximum atomic E-state index is 12.1. The molecule has 0 aliphatic carbocycles. The quantitative estimate of drug-likeness (QED) is 0.0609. The Balaban J connectivity index is 3.35. The number of hydrogen-bond acceptors (Lipinski definition) is 4. The summed E-state index contributed by atoms with van der Waals surface area (Å²) < 4.78 is 0. The topological polar surface area (TPSA) is 73.5 Å². The van der Waals surface area contributed by atoms with Gasteiger partial charge in [0.15, 0.2) is 0 Å². The van der Waals surface area contributed by atoms with E-state index in [0.717, 1.165) is 58.5 Å². The van der Waals surface area contributed by atoms with Crippen LogP contribution >= 0.6 is 0 Å². The highest BCUT2D eigenvalue weighted by Gasteiger charge is 2.05. The van der Waals surface area contributed by atoms with Gasteiger partial charge in [-0.05, 0) is 39.4 Å². The van der Waals surface area contributed by atoms with E-state index in [1.54, 1.807) is 0 Å². The van der Waals surface area contributed by atoms with Gasteiger partial charge in [-0.25, -0.2) is 0 Å². The predicted molar refractivity (Wildman–Crippen MR) is 192 cm³/mol. The summed E-state index contributed by atoms with van der Waals surface area (Å²) in [7, 11) is 2.08. The highest BCUT2D eigenvalue weighted by Crippen LogP contribution is 2.13. The summed E-state index contributed by atoms with van der Waals surface area (Å²) in [5, 5.41) is 9.55. The number of nitrogens with one attached hydrogen (secondary N) is 3. The van der Waals surface area contributed by atoms with Crippen LogP contribution in [-0.4, -0.2) is 63.0 Å². The highest BCUT2D eigenvalue weighted by atomic mass is 16.2. The van der Waals surface area contributed by atoms with Gasteiger partial charge in [-0.3, -0.25) is 9.59 Å². The van der Waals surface area contributed by atoms with Gasteiger partial charge in [0, 0.05) is 39.0 Å². The fourth-order valence-corrected chi connectivity index (χ4v) is 5.77. The number of carbonyl (C=O) groups is 2. The summed E-state index contributed by atoms with van der Waals surface area (Å²) >= 11 is 0. The molecule has 0 rings (SSSR count). The number of unbranched alkanes of at least 4 members (excludes halogenated alkanes) is 22. The maximum Gasteiger partial charge on any atom is 0.221 e. The van der Waals surface area contributed by atoms with E-state index in [1.165, 1.54) is 141 Å². The Morgan fingerprint density at radius 2 is 0.773 bits per heavy atom. The van der Waals surface area contributed by atoms with Crippen LogP contribution in [0.1, 0.15) is 187 Å². The molecule has 3 N–H and O–H groups in total. The molecule has 0 aliphatic rings. The van der Waals surface area contributed by atoms with Gasteiger partial charge >= 0.3 is 0 Å². The zero-order chi connectivity index (χ0) is 32.2. The van der Waals surface area contributed by atoms with Crippen molar-refractivity contribution < 1.29 is 9.59 Å². The van der Waals surface area contributed by atoms with Crippen LogP contribution in [0.2, 0.25) is 0 Å². The summed E-state index contributed by atoms with van der Waals surface area (Å²) in [6, 6.07) is 0. The van der Waals surface area contributed by atoms with E-state index in [0.29, 0.717) is 12.8 Å². The average molecular weight is 623 g/mol. The Morgan fingerprint density at radius 1 is 0.409 bits per heavy atom. The lowest BCUT2D eigenvalue weighted by Crippen LogP contribution is -2.31. The maximum absolute atomic E-state index is 12.1. The standard InChI is InChI=1S/C38H78N4O2/c1-4-6-8-10-12-14-16-18-20-22-24-26-32-40-37(43)29-34-39-31-28-35-42(3)36-30-38(44)41-33-27-25-23-21-19-17-15-13-11-9-7-5-2/h39H,4-36H2,1-3H3,(H,40,43)(H,41,44). The molecule has 0 unspecified atom stereocenters. The van der Waals surface area contributed by atoms with Crippen LogP contribution < -0.4 is 16.0 Å². The molecule has 0 spiro atoms. The Morgan fingerprint density at radius 3 is 1.18 bits per heavy atom. The molecule has 262 valence electrons. The Bertz CT molecular complexity index is 601. The second-order valence-electron chi connectivity index (χ2n) is 13.4. The first-order valence-electron chi connectivity index (χ1n) is 19.5. The summed E-state index contributed by atoms with van der Waals surface area (Å²) in [6.07, 6.45) is 34.4. The number of hydrogen-bond donors (Lipinski definition) is 3. The summed E-state index contributed by atoms with van der Waals surface area (Å²) in [5.74, 6) is 0.333. The summed E-state index contributed by atoms with van der Waals surface area (Å²) in [5.41, 5.74) is 0. The van der Waals surface area contributed by atoms with Crippen molar-refractivity contribution in [1.29, 1.82) is 0 Å². The van der Waals surface area contributed by atoms with E-state index in [-0.39, 0.29) is 11.8 Å². The molecule has 0 radical (unpaired) electrons. The number of carbonyl (C=O) groups excluding carboxylic acids is 2. The fraction of sp³-hybridized carbons (Fsp3) is 0.947. The molecule has 6 heteroatoms. The lowest BCUT2D eigenvalue weighted by molar-refractivity contribution is -0.122. The van der Waals surface area contributed by atoms with Crippen molar-refractivity contribution in [3.8, 4) is 0 Å². The molecule has 0 saturated carbocycles. The van der Waals surface area contributed by atoms with E-state index in [9.17, 15) is 9.59 Å². The van der Waals surface area contributed by atoms with E-state index in [2.05, 4.69) is 41.7 Å². The van der Waals surface area contributed by atoms with Crippen molar-refractivity contribution in [2.24, 2.45) is 0 Å². The summed E-state index contributed by atoms with van der Waals surface area (Å²) in [4.78, 5) is 26.4. The van der Waals surface area contributed by atoms with Crippen molar-refractivity contribution in [2.75, 3.05) is 46.3 Å². The molecule has 0 fully saturated rings. The average Bonchev–Trinajstić information content (AvgIpc) is 3.02. The summed E-state index contributed by atoms with van der Waals surface area (Å²) in [6.45, 7) is 9.58. The van der Waals surface area contributed by atoms with Crippen molar-refractivity contribution in [3.05, 3.63) is 0 Å². The van der Waals surface area contributed by atoms with Crippen LogP contribution in [0.5, 0.6) is 0 Å². The third-order valence-corrected chi connectivity index (χ3v) is 8.85. The monoisotopic (exact) mass is 623 g/mol. The lowest BCUT2D eigenvalue weighted by Gasteiger charge is -2.16. The molecule has 0 aliphatic heterocycles. The van der Waals surface area contributed by atoms with Gasteiger partial charge in [0.25, 0.3) is 0 Å². The smallest absolute Gasteiger partial charge is 0.221 e. The number of amides is 2. The van der Waals surface area contributed by atoms with Crippen LogP contribution in [0.15, 0.2) is 0 Å². The van der Waals surface area contributed by atoms with Crippen LogP contribution in [0.4, 0.5) is 0 Å². The fourth-order valence-electron chi connectivity index (χ4n) is 5.77. The minimum Gasteiger partial charge on any atom is -0.356 e. The van der Waals surface area contributed by atoms with Crippen LogP contribution in [0, 0.1) is 0 Å². The molecule has 44 heavy (non-hydrogen) atoms. The largest absolute Gasteiger partial charge is 0.356 e. The van der Waals surface area contributed by atoms with Gasteiger partial charge in [0.2, 0.25) is 11.8 Å². The molecule has 0 atom stereocenters. The molecule has 0 aromatic heterocycles. The van der Waals surface area contributed by atoms with Crippen LogP contribution in [0.25, 0.3) is 0 Å². The first-order chi connectivity index (χ1) is 21.6. The Kier molecular flexibility index (Phi) is 35.4. The number of nitrogens with zero attached hydrogens (tertiary/aromatic N) is 1. The normalized spacial score (nSPS) is 11.4. The van der Waals surface area contributed by atoms with Crippen molar-refractivity contribution in [1.82, 2.24) is 20.9 Å². The Hall–Kier alpha value is -1.14. The predicted octanol–water partition coefficient (Wildman–Crippen LogP) is 9.31. The molecule has 0 heterocycles. The first-order valence-corrected chi connectivity index (χ1v) is 19.5. The minimum atomic E-state index is 0.159. The van der Waals surface area contributed by atoms with E-state index in [4.69, 9.17) is 0 Å². The van der Waals surface area contributed by atoms with Gasteiger partial charge in [-0.1, -0.05) is 155 Å². The second kappa shape index (κ2) is 36.3. The van der Waals surface area contributed by atoms with Gasteiger partial charge in [0.05, 0.1) is 0 Å². The minimum absolute atomic E-state index is 0.159. The van der Waals surface area contributed by atoms with Gasteiger partial charge in [-0.2, -0.15) is 0 Å². The SMILES string of the molecule is CCCCCCCCCCCCCCNC(=O)CCNCCCN(C)CCC(=O)NCCCCCCCCCCCCCC. The van der Waals surface area contributed by atoms with Gasteiger partial charge in [0.1, 0.15) is 0 Å². The van der Waals surface area contributed by atoms with Crippen molar-refractivity contribution >= 4 is 11.8 Å². The van der Waals surface area contributed by atoms with E-state index in [1.807, 2.05) is 0 Å². The van der Waals surface area contributed by atoms with Crippen molar-refractivity contribution in [2.45, 2.75) is 187 Å². The lowest BCUT2D eigenvalue weighted by atomic mass is 10.1. The molecular formula is C38H78N4O2. The number of rotatable bonds is 36. The van der Waals surface area contributed by atoms with Gasteiger partial charge < -0.3 is 20.9 Å². The molecular weight excluding hydrogens is 544 g/mol. The van der Waals surface area contributed by atoms with E-state index >= 15 is 0 Å². The highest BCUT2D eigenvalue weighted by molar-refractivity contribution is 5.76. The molecule has 0 aromatic carbocycles. The third kappa shape index (κ3) is 35.3. The molecule has 6 nitrogen and oxygen atoms in total. The van der Waals surface area contributed by atoms with Crippen LogP contribution in [-0.2, 0) is 9.59 Å². The zero-order valence-corrected chi connectivity index (χ0v) is 30.1. The molecule has 0 bridgehead atoms. The van der Waals surface area contributed by atoms with Gasteiger partial charge in [-0.15, -0.1) is 0 Å². The molecule has 0 aromatic rings. The third-order valence-electron chi connectivity index (χ3n) is 8.85. The zero-order valence-electron chi connectivity index (χ0n) is 30.1. The van der Waals surface area contributed by atoms with Crippen LogP contribution in [0.3, 0.4) is 0 Å².